The van der Waals surface area contributed by atoms with Crippen LogP contribution in [0.15, 0.2) is 65.6 Å². The van der Waals surface area contributed by atoms with E-state index in [4.69, 9.17) is 4.74 Å². The molecule has 2 atom stereocenters. The van der Waals surface area contributed by atoms with E-state index in [1.54, 1.807) is 24.3 Å². The quantitative estimate of drug-likeness (QED) is 0.862. The summed E-state index contributed by atoms with van der Waals surface area (Å²) in [5.74, 6) is 0.0559. The molecule has 2 aromatic carbocycles. The number of rotatable bonds is 4. The third-order valence-electron chi connectivity index (χ3n) is 4.03. The minimum Gasteiger partial charge on any atom is -0.369 e. The van der Waals surface area contributed by atoms with Gasteiger partial charge in [-0.25, -0.2) is 8.42 Å². The summed E-state index contributed by atoms with van der Waals surface area (Å²) in [5.41, 5.74) is 1.13. The highest BCUT2D eigenvalue weighted by Gasteiger charge is 2.28. The summed E-state index contributed by atoms with van der Waals surface area (Å²) < 4.78 is 31.0. The van der Waals surface area contributed by atoms with Gasteiger partial charge in [0.15, 0.2) is 9.84 Å². The van der Waals surface area contributed by atoms with Crippen LogP contribution in [0.1, 0.15) is 30.9 Å². The molecule has 0 saturated carbocycles. The third kappa shape index (κ3) is 3.57. The molecule has 3 rings (SSSR count). The van der Waals surface area contributed by atoms with Crippen LogP contribution in [0, 0.1) is 0 Å². The molecule has 0 N–H and O–H groups in total. The SMILES string of the molecule is O=S(=O)(C[C@H]1CCC[C@@H](c2ccccc2)O1)c1ccccc1. The van der Waals surface area contributed by atoms with Crippen molar-refractivity contribution in [2.45, 2.75) is 36.4 Å². The molecule has 1 heterocycles. The minimum atomic E-state index is -3.29. The minimum absolute atomic E-state index is 0.00548. The van der Waals surface area contributed by atoms with Gasteiger partial charge >= 0.3 is 0 Å². The Balaban J connectivity index is 1.71. The lowest BCUT2D eigenvalue weighted by molar-refractivity contribution is -0.0396. The van der Waals surface area contributed by atoms with Crippen molar-refractivity contribution in [1.82, 2.24) is 0 Å². The van der Waals surface area contributed by atoms with Gasteiger partial charge in [-0.3, -0.25) is 0 Å². The maximum Gasteiger partial charge on any atom is 0.180 e. The fraction of sp³-hybridized carbons (Fsp3) is 0.333. The maximum absolute atomic E-state index is 12.5. The summed E-state index contributed by atoms with van der Waals surface area (Å²) in [7, 11) is -3.29. The molecule has 0 bridgehead atoms. The van der Waals surface area contributed by atoms with Crippen molar-refractivity contribution in [3.8, 4) is 0 Å². The fourth-order valence-corrected chi connectivity index (χ4v) is 4.40. The highest BCUT2D eigenvalue weighted by atomic mass is 32.2. The second-order valence-corrected chi connectivity index (χ2v) is 7.72. The smallest absolute Gasteiger partial charge is 0.180 e. The van der Waals surface area contributed by atoms with Gasteiger partial charge in [0.25, 0.3) is 0 Å². The topological polar surface area (TPSA) is 43.4 Å². The van der Waals surface area contributed by atoms with Crippen molar-refractivity contribution >= 4 is 9.84 Å². The van der Waals surface area contributed by atoms with Crippen LogP contribution in [-0.2, 0) is 14.6 Å². The Labute approximate surface area is 131 Å². The standard InChI is InChI=1S/C18H20O3S/c19-22(20,17-11-5-2-6-12-17)14-16-10-7-13-18(21-16)15-8-3-1-4-9-15/h1-6,8-9,11-12,16,18H,7,10,13-14H2/t16-,18+/m1/s1. The average Bonchev–Trinajstić information content (AvgIpc) is 2.56. The van der Waals surface area contributed by atoms with E-state index >= 15 is 0 Å². The first-order valence-electron chi connectivity index (χ1n) is 7.63. The first kappa shape index (κ1) is 15.3. The zero-order chi connectivity index (χ0) is 15.4. The van der Waals surface area contributed by atoms with Gasteiger partial charge in [-0.15, -0.1) is 0 Å². The van der Waals surface area contributed by atoms with Gasteiger partial charge in [0.1, 0.15) is 0 Å². The van der Waals surface area contributed by atoms with Crippen molar-refractivity contribution < 1.29 is 13.2 Å². The molecule has 22 heavy (non-hydrogen) atoms. The van der Waals surface area contributed by atoms with Crippen LogP contribution in [0.5, 0.6) is 0 Å². The molecule has 0 aliphatic carbocycles. The monoisotopic (exact) mass is 316 g/mol. The van der Waals surface area contributed by atoms with Crippen LogP contribution >= 0.6 is 0 Å². The average molecular weight is 316 g/mol. The third-order valence-corrected chi connectivity index (χ3v) is 5.83. The molecular formula is C18H20O3S. The van der Waals surface area contributed by atoms with Gasteiger partial charge in [0.2, 0.25) is 0 Å². The second kappa shape index (κ2) is 6.63. The summed E-state index contributed by atoms with van der Waals surface area (Å²) in [6, 6.07) is 18.6. The van der Waals surface area contributed by atoms with Crippen LogP contribution in [0.4, 0.5) is 0 Å². The maximum atomic E-state index is 12.5. The van der Waals surface area contributed by atoms with Crippen molar-refractivity contribution in [2.24, 2.45) is 0 Å². The van der Waals surface area contributed by atoms with Gasteiger partial charge in [-0.1, -0.05) is 48.5 Å². The van der Waals surface area contributed by atoms with Gasteiger partial charge in [-0.05, 0) is 37.0 Å². The van der Waals surface area contributed by atoms with Gasteiger partial charge in [-0.2, -0.15) is 0 Å². The van der Waals surface area contributed by atoms with Gasteiger partial charge in [0.05, 0.1) is 22.9 Å². The van der Waals surface area contributed by atoms with Crippen LogP contribution in [-0.4, -0.2) is 20.3 Å². The Hall–Kier alpha value is -1.65. The van der Waals surface area contributed by atoms with Crippen LogP contribution in [0.3, 0.4) is 0 Å². The lowest BCUT2D eigenvalue weighted by Gasteiger charge is -2.30. The Morgan fingerprint density at radius 3 is 2.23 bits per heavy atom. The Morgan fingerprint density at radius 2 is 1.55 bits per heavy atom. The Kier molecular flexibility index (Phi) is 4.60. The molecule has 3 nitrogen and oxygen atoms in total. The molecular weight excluding hydrogens is 296 g/mol. The molecule has 1 saturated heterocycles. The predicted octanol–water partition coefficient (Wildman–Crippen LogP) is 3.77. The number of sulfone groups is 1. The molecule has 116 valence electrons. The molecule has 0 aromatic heterocycles. The van der Waals surface area contributed by atoms with Gasteiger partial charge < -0.3 is 4.74 Å². The second-order valence-electron chi connectivity index (χ2n) is 5.68. The molecule has 4 heteroatoms. The van der Waals surface area contributed by atoms with Gasteiger partial charge in [0, 0.05) is 0 Å². The molecule has 0 spiro atoms. The molecule has 1 aliphatic rings. The number of hydrogen-bond donors (Lipinski definition) is 0. The highest BCUT2D eigenvalue weighted by molar-refractivity contribution is 7.91. The van der Waals surface area contributed by atoms with Crippen LogP contribution < -0.4 is 0 Å². The molecule has 0 radical (unpaired) electrons. The number of hydrogen-bond acceptors (Lipinski definition) is 3. The van der Waals surface area contributed by atoms with Crippen molar-refractivity contribution in [2.75, 3.05) is 5.75 Å². The van der Waals surface area contributed by atoms with Crippen molar-refractivity contribution in [1.29, 1.82) is 0 Å². The predicted molar refractivity (Wildman–Crippen MR) is 86.4 cm³/mol. The normalized spacial score (nSPS) is 22.4. The lowest BCUT2D eigenvalue weighted by atomic mass is 9.99. The van der Waals surface area contributed by atoms with Crippen LogP contribution in [0.2, 0.25) is 0 Å². The zero-order valence-electron chi connectivity index (χ0n) is 12.4. The number of benzene rings is 2. The summed E-state index contributed by atoms with van der Waals surface area (Å²) in [5, 5.41) is 0. The first-order valence-corrected chi connectivity index (χ1v) is 9.28. The summed E-state index contributed by atoms with van der Waals surface area (Å²) in [6.45, 7) is 0. The summed E-state index contributed by atoms with van der Waals surface area (Å²) in [4.78, 5) is 0.375. The van der Waals surface area contributed by atoms with Crippen LogP contribution in [0.25, 0.3) is 0 Å². The summed E-state index contributed by atoms with van der Waals surface area (Å²) in [6.07, 6.45) is 2.52. The van der Waals surface area contributed by atoms with E-state index in [0.717, 1.165) is 24.8 Å². The number of ether oxygens (including phenoxy) is 1. The molecule has 1 fully saturated rings. The van der Waals surface area contributed by atoms with E-state index in [-0.39, 0.29) is 18.0 Å². The van der Waals surface area contributed by atoms with E-state index in [1.165, 1.54) is 0 Å². The first-order chi connectivity index (χ1) is 10.6. The Morgan fingerprint density at radius 1 is 0.909 bits per heavy atom. The molecule has 0 unspecified atom stereocenters. The summed E-state index contributed by atoms with van der Waals surface area (Å²) >= 11 is 0. The fourth-order valence-electron chi connectivity index (χ4n) is 2.90. The van der Waals surface area contributed by atoms with E-state index in [1.807, 2.05) is 36.4 Å². The van der Waals surface area contributed by atoms with E-state index in [2.05, 4.69) is 0 Å². The highest BCUT2D eigenvalue weighted by Crippen LogP contribution is 2.32. The zero-order valence-corrected chi connectivity index (χ0v) is 13.2. The van der Waals surface area contributed by atoms with E-state index in [9.17, 15) is 8.42 Å². The van der Waals surface area contributed by atoms with Crippen molar-refractivity contribution in [3.63, 3.8) is 0 Å². The largest absolute Gasteiger partial charge is 0.369 e. The molecule has 0 amide bonds. The molecule has 2 aromatic rings. The molecule has 1 aliphatic heterocycles. The van der Waals surface area contributed by atoms with Crippen molar-refractivity contribution in [3.05, 3.63) is 66.2 Å². The Bertz CT molecular complexity index is 696. The van der Waals surface area contributed by atoms with E-state index < -0.39 is 9.84 Å². The lowest BCUT2D eigenvalue weighted by Crippen LogP contribution is -2.29. The van der Waals surface area contributed by atoms with E-state index in [0.29, 0.717) is 4.90 Å².